The summed E-state index contributed by atoms with van der Waals surface area (Å²) in [4.78, 5) is 0. The van der Waals surface area contributed by atoms with E-state index in [1.165, 1.54) is 6.42 Å². The molecular weight excluding hydrogens is 108 g/mol. The van der Waals surface area contributed by atoms with Crippen LogP contribution >= 0.6 is 0 Å². The summed E-state index contributed by atoms with van der Waals surface area (Å²) < 4.78 is 0. The Morgan fingerprint density at radius 2 is 1.78 bits per heavy atom. The summed E-state index contributed by atoms with van der Waals surface area (Å²) in [6.45, 7) is 8.92. The average molecular weight is 126 g/mol. The predicted octanol–water partition coefficient (Wildman–Crippen LogP) is 3.24. The van der Waals surface area contributed by atoms with E-state index in [2.05, 4.69) is 39.8 Å². The first-order valence-electron chi connectivity index (χ1n) is 3.79. The van der Waals surface area contributed by atoms with Crippen LogP contribution in [-0.4, -0.2) is 0 Å². The molecule has 0 amide bonds. The molecule has 0 nitrogen and oxygen atoms in total. The predicted molar refractivity (Wildman–Crippen MR) is 43.4 cm³/mol. The zero-order chi connectivity index (χ0) is 7.28. The first-order valence-corrected chi connectivity index (χ1v) is 3.79. The molecule has 54 valence electrons. The van der Waals surface area contributed by atoms with E-state index in [1.54, 1.807) is 0 Å². The molecule has 0 saturated heterocycles. The Morgan fingerprint density at radius 3 is 2.11 bits per heavy atom. The second-order valence-electron chi connectivity index (χ2n) is 3.03. The van der Waals surface area contributed by atoms with Crippen molar-refractivity contribution in [3.63, 3.8) is 0 Å². The fourth-order valence-electron chi connectivity index (χ4n) is 0.623. The van der Waals surface area contributed by atoms with Crippen LogP contribution in [0, 0.1) is 11.8 Å². The zero-order valence-corrected chi connectivity index (χ0v) is 7.02. The minimum absolute atomic E-state index is 0.821. The summed E-state index contributed by atoms with van der Waals surface area (Å²) in [7, 11) is 0. The van der Waals surface area contributed by atoms with Crippen molar-refractivity contribution in [2.75, 3.05) is 0 Å². The summed E-state index contributed by atoms with van der Waals surface area (Å²) in [5.74, 6) is 1.65. The molecule has 0 heterocycles. The third-order valence-electron chi connectivity index (χ3n) is 1.88. The lowest BCUT2D eigenvalue weighted by atomic mass is 9.95. The molecule has 0 rings (SSSR count). The fraction of sp³-hybridized carbons (Fsp3) is 0.778. The van der Waals surface area contributed by atoms with Gasteiger partial charge in [0.05, 0.1) is 0 Å². The molecule has 0 spiro atoms. The van der Waals surface area contributed by atoms with Gasteiger partial charge in [0.1, 0.15) is 0 Å². The normalized spacial score (nSPS) is 15.2. The van der Waals surface area contributed by atoms with Gasteiger partial charge >= 0.3 is 0 Å². The van der Waals surface area contributed by atoms with Gasteiger partial charge in [-0.1, -0.05) is 32.9 Å². The molecule has 0 aliphatic heterocycles. The SMILES string of the molecule is C/C=C\CC(C)C(C)C. The Morgan fingerprint density at radius 1 is 1.22 bits per heavy atom. The van der Waals surface area contributed by atoms with Crippen LogP contribution in [0.15, 0.2) is 12.2 Å². The Bertz CT molecular complexity index is 80.0. The first kappa shape index (κ1) is 8.74. The van der Waals surface area contributed by atoms with Crippen molar-refractivity contribution < 1.29 is 0 Å². The molecule has 0 aromatic heterocycles. The summed E-state index contributed by atoms with van der Waals surface area (Å²) >= 11 is 0. The van der Waals surface area contributed by atoms with Gasteiger partial charge in [-0.05, 0) is 25.2 Å². The average Bonchev–Trinajstić information content (AvgIpc) is 1.82. The largest absolute Gasteiger partial charge is 0.0917 e. The maximum Gasteiger partial charge on any atom is -0.0323 e. The lowest BCUT2D eigenvalue weighted by Crippen LogP contribution is -2.01. The second-order valence-corrected chi connectivity index (χ2v) is 3.03. The molecule has 9 heavy (non-hydrogen) atoms. The van der Waals surface area contributed by atoms with E-state index in [0.717, 1.165) is 11.8 Å². The quantitative estimate of drug-likeness (QED) is 0.509. The maximum atomic E-state index is 2.30. The fourth-order valence-corrected chi connectivity index (χ4v) is 0.623. The Kier molecular flexibility index (Phi) is 4.47. The Balaban J connectivity index is 3.38. The van der Waals surface area contributed by atoms with Crippen molar-refractivity contribution in [3.8, 4) is 0 Å². The van der Waals surface area contributed by atoms with Crippen LogP contribution in [0.4, 0.5) is 0 Å². The van der Waals surface area contributed by atoms with Gasteiger partial charge < -0.3 is 0 Å². The maximum absolute atomic E-state index is 2.30. The van der Waals surface area contributed by atoms with E-state index < -0.39 is 0 Å². The smallest absolute Gasteiger partial charge is 0.0323 e. The van der Waals surface area contributed by atoms with Crippen LogP contribution in [0.5, 0.6) is 0 Å². The van der Waals surface area contributed by atoms with Crippen molar-refractivity contribution in [2.24, 2.45) is 11.8 Å². The molecular formula is C9H18. The van der Waals surface area contributed by atoms with E-state index >= 15 is 0 Å². The van der Waals surface area contributed by atoms with Crippen LogP contribution in [0.2, 0.25) is 0 Å². The standard InChI is InChI=1S/C9H18/c1-5-6-7-9(4)8(2)3/h5-6,8-9H,7H2,1-4H3/b6-5-. The highest BCUT2D eigenvalue weighted by atomic mass is 14.1. The van der Waals surface area contributed by atoms with Crippen LogP contribution < -0.4 is 0 Å². The number of allylic oxidation sites excluding steroid dienone is 2. The molecule has 0 aliphatic rings. The minimum Gasteiger partial charge on any atom is -0.0917 e. The third kappa shape index (κ3) is 4.26. The van der Waals surface area contributed by atoms with Crippen molar-refractivity contribution >= 4 is 0 Å². The highest BCUT2D eigenvalue weighted by molar-refractivity contribution is 4.79. The molecule has 0 fully saturated rings. The highest BCUT2D eigenvalue weighted by Crippen LogP contribution is 2.13. The Labute approximate surface area is 59.0 Å². The van der Waals surface area contributed by atoms with Crippen molar-refractivity contribution in [1.29, 1.82) is 0 Å². The van der Waals surface area contributed by atoms with Gasteiger partial charge in [-0.2, -0.15) is 0 Å². The van der Waals surface area contributed by atoms with Gasteiger partial charge in [-0.3, -0.25) is 0 Å². The van der Waals surface area contributed by atoms with E-state index in [4.69, 9.17) is 0 Å². The molecule has 0 heteroatoms. The number of hydrogen-bond donors (Lipinski definition) is 0. The molecule has 1 atom stereocenters. The number of rotatable bonds is 3. The van der Waals surface area contributed by atoms with Crippen LogP contribution in [-0.2, 0) is 0 Å². The minimum atomic E-state index is 0.821. The van der Waals surface area contributed by atoms with Crippen molar-refractivity contribution in [2.45, 2.75) is 34.1 Å². The topological polar surface area (TPSA) is 0 Å². The summed E-state index contributed by atoms with van der Waals surface area (Å²) in [5.41, 5.74) is 0. The van der Waals surface area contributed by atoms with E-state index in [9.17, 15) is 0 Å². The highest BCUT2D eigenvalue weighted by Gasteiger charge is 2.02. The third-order valence-corrected chi connectivity index (χ3v) is 1.88. The molecule has 0 radical (unpaired) electrons. The van der Waals surface area contributed by atoms with E-state index in [-0.39, 0.29) is 0 Å². The molecule has 1 unspecified atom stereocenters. The van der Waals surface area contributed by atoms with Gasteiger partial charge in [-0.25, -0.2) is 0 Å². The summed E-state index contributed by atoms with van der Waals surface area (Å²) in [5, 5.41) is 0. The Hall–Kier alpha value is -0.260. The van der Waals surface area contributed by atoms with E-state index in [0.29, 0.717) is 0 Å². The van der Waals surface area contributed by atoms with Crippen LogP contribution in [0.3, 0.4) is 0 Å². The first-order chi connectivity index (χ1) is 4.18. The van der Waals surface area contributed by atoms with Gasteiger partial charge in [0.2, 0.25) is 0 Å². The van der Waals surface area contributed by atoms with E-state index in [1.807, 2.05) is 0 Å². The van der Waals surface area contributed by atoms with Crippen molar-refractivity contribution in [3.05, 3.63) is 12.2 Å². The molecule has 0 bridgehead atoms. The summed E-state index contributed by atoms with van der Waals surface area (Å²) in [6, 6.07) is 0. The zero-order valence-electron chi connectivity index (χ0n) is 7.02. The lowest BCUT2D eigenvalue weighted by Gasteiger charge is -2.11. The van der Waals surface area contributed by atoms with Gasteiger partial charge in [0.15, 0.2) is 0 Å². The van der Waals surface area contributed by atoms with Crippen molar-refractivity contribution in [1.82, 2.24) is 0 Å². The molecule has 0 aromatic rings. The van der Waals surface area contributed by atoms with Crippen LogP contribution in [0.25, 0.3) is 0 Å². The second kappa shape index (κ2) is 4.60. The molecule has 0 aliphatic carbocycles. The van der Waals surface area contributed by atoms with Gasteiger partial charge in [0.25, 0.3) is 0 Å². The molecule has 0 N–H and O–H groups in total. The van der Waals surface area contributed by atoms with Crippen LogP contribution in [0.1, 0.15) is 34.1 Å². The van der Waals surface area contributed by atoms with Gasteiger partial charge in [0, 0.05) is 0 Å². The molecule has 0 saturated carbocycles. The molecule has 0 aromatic carbocycles. The van der Waals surface area contributed by atoms with Gasteiger partial charge in [-0.15, -0.1) is 0 Å². The lowest BCUT2D eigenvalue weighted by molar-refractivity contribution is 0.424. The number of hydrogen-bond acceptors (Lipinski definition) is 0. The summed E-state index contributed by atoms with van der Waals surface area (Å²) in [6.07, 6.45) is 5.59. The monoisotopic (exact) mass is 126 g/mol.